The molecule has 2 unspecified atom stereocenters. The molecule has 4 saturated heterocycles. The van der Waals surface area contributed by atoms with Crippen molar-refractivity contribution in [2.75, 3.05) is 37.7 Å². The van der Waals surface area contributed by atoms with Gasteiger partial charge in [0.05, 0.1) is 11.2 Å². The van der Waals surface area contributed by atoms with Crippen LogP contribution in [0.15, 0.2) is 36.4 Å². The fraction of sp³-hybridized carbons (Fsp3) is 0.424. The summed E-state index contributed by atoms with van der Waals surface area (Å²) in [6.07, 6.45) is 3.30. The Bertz CT molecular complexity index is 1850. The minimum atomic E-state index is -0.915. The summed E-state index contributed by atoms with van der Waals surface area (Å²) in [7, 11) is 0. The molecule has 0 saturated carbocycles. The molecule has 4 atom stereocenters. The topological polar surface area (TPSA) is 97.5 Å². The van der Waals surface area contributed by atoms with Crippen molar-refractivity contribution in [2.24, 2.45) is 0 Å². The Kier molecular flexibility index (Phi) is 6.56. The second-order valence-electron chi connectivity index (χ2n) is 12.7. The number of phenols is 1. The number of nitrogens with one attached hydrogen (secondary N) is 1. The normalized spacial score (nSPS) is 26.4. The van der Waals surface area contributed by atoms with Crippen LogP contribution >= 0.6 is 11.6 Å². The van der Waals surface area contributed by atoms with Crippen molar-refractivity contribution in [1.82, 2.24) is 20.2 Å². The van der Waals surface area contributed by atoms with Crippen molar-refractivity contribution in [3.63, 3.8) is 0 Å². The number of nitrogens with zero attached hydrogens (tertiary/aromatic N) is 5. The maximum Gasteiger partial charge on any atom is 0.236 e. The van der Waals surface area contributed by atoms with Crippen molar-refractivity contribution in [3.8, 4) is 29.0 Å². The smallest absolute Gasteiger partial charge is 0.236 e. The van der Waals surface area contributed by atoms with Gasteiger partial charge in [-0.15, -0.1) is 0 Å². The summed E-state index contributed by atoms with van der Waals surface area (Å²) >= 11 is 6.57. The van der Waals surface area contributed by atoms with Gasteiger partial charge >= 0.3 is 0 Å². The van der Waals surface area contributed by atoms with Gasteiger partial charge in [0.1, 0.15) is 41.7 Å². The van der Waals surface area contributed by atoms with E-state index in [2.05, 4.69) is 21.2 Å². The molecule has 2 bridgehead atoms. The molecule has 2 aromatic carbocycles. The highest BCUT2D eigenvalue weighted by Crippen LogP contribution is 2.44. The molecule has 4 fully saturated rings. The van der Waals surface area contributed by atoms with Crippen molar-refractivity contribution in [1.29, 1.82) is 5.26 Å². The van der Waals surface area contributed by atoms with E-state index in [4.69, 9.17) is 26.3 Å². The zero-order valence-corrected chi connectivity index (χ0v) is 24.7. The van der Waals surface area contributed by atoms with Gasteiger partial charge in [0, 0.05) is 59.5 Å². The summed E-state index contributed by atoms with van der Waals surface area (Å²) in [6.45, 7) is 2.72. The van der Waals surface area contributed by atoms with Crippen LogP contribution in [0, 0.1) is 17.1 Å². The SMILES string of the molecule is N#Cc1c(OC[C@@]23CCCN2C[C@H](F)C3)nc2nc(-c3cc(O)cc4cccc(Cl)c34)c(F)cc2c1N1CC2CCC(C1)N2. The molecule has 11 heteroatoms. The number of alkyl halides is 1. The number of hydrogen-bond donors (Lipinski definition) is 2. The Morgan fingerprint density at radius 2 is 1.98 bits per heavy atom. The number of hydrogen-bond acceptors (Lipinski definition) is 8. The quantitative estimate of drug-likeness (QED) is 0.294. The van der Waals surface area contributed by atoms with Crippen molar-refractivity contribution < 1.29 is 18.6 Å². The highest BCUT2D eigenvalue weighted by Gasteiger charge is 2.49. The zero-order valence-electron chi connectivity index (χ0n) is 24.0. The second-order valence-corrected chi connectivity index (χ2v) is 13.1. The minimum Gasteiger partial charge on any atom is -0.508 e. The first kappa shape index (κ1) is 27.7. The van der Waals surface area contributed by atoms with Gasteiger partial charge in [-0.3, -0.25) is 4.90 Å². The summed E-state index contributed by atoms with van der Waals surface area (Å²) in [5.41, 5.74) is 0.886. The van der Waals surface area contributed by atoms with E-state index in [0.29, 0.717) is 58.5 Å². The average molecular weight is 617 g/mol. The van der Waals surface area contributed by atoms with E-state index in [-0.39, 0.29) is 47.2 Å². The number of benzene rings is 2. The molecular weight excluding hydrogens is 586 g/mol. The lowest BCUT2D eigenvalue weighted by atomic mass is 9.95. The summed E-state index contributed by atoms with van der Waals surface area (Å²) < 4.78 is 37.1. The number of aromatic hydroxyl groups is 1. The molecule has 8 rings (SSSR count). The number of halogens is 3. The van der Waals surface area contributed by atoms with Crippen molar-refractivity contribution >= 4 is 39.1 Å². The van der Waals surface area contributed by atoms with Crippen LogP contribution in [0.25, 0.3) is 33.1 Å². The van der Waals surface area contributed by atoms with Crippen molar-refractivity contribution in [2.45, 2.75) is 55.9 Å². The van der Waals surface area contributed by atoms with E-state index in [1.807, 2.05) is 0 Å². The first-order valence-corrected chi connectivity index (χ1v) is 15.6. The number of nitriles is 1. The van der Waals surface area contributed by atoms with Crippen LogP contribution in [0.5, 0.6) is 11.6 Å². The van der Waals surface area contributed by atoms with Crippen LogP contribution in [-0.2, 0) is 0 Å². The van der Waals surface area contributed by atoms with Gasteiger partial charge in [-0.2, -0.15) is 10.2 Å². The second kappa shape index (κ2) is 10.4. The van der Waals surface area contributed by atoms with Gasteiger partial charge in [0.2, 0.25) is 5.88 Å². The molecule has 2 aromatic heterocycles. The average Bonchev–Trinajstić information content (AvgIpc) is 3.64. The predicted molar refractivity (Wildman–Crippen MR) is 165 cm³/mol. The third-order valence-corrected chi connectivity index (χ3v) is 10.2. The molecule has 6 heterocycles. The first-order chi connectivity index (χ1) is 21.3. The van der Waals surface area contributed by atoms with E-state index >= 15 is 4.39 Å². The molecule has 4 aromatic rings. The molecule has 0 spiro atoms. The molecule has 4 aliphatic rings. The molecule has 4 aliphatic heterocycles. The van der Waals surface area contributed by atoms with E-state index < -0.39 is 17.5 Å². The fourth-order valence-corrected chi connectivity index (χ4v) is 8.32. The number of aromatic nitrogens is 2. The highest BCUT2D eigenvalue weighted by molar-refractivity contribution is 6.36. The van der Waals surface area contributed by atoms with E-state index in [1.165, 1.54) is 12.1 Å². The highest BCUT2D eigenvalue weighted by atomic mass is 35.5. The van der Waals surface area contributed by atoms with Crippen LogP contribution in [0.2, 0.25) is 5.02 Å². The maximum absolute atomic E-state index is 16.2. The summed E-state index contributed by atoms with van der Waals surface area (Å²) in [4.78, 5) is 13.7. The molecule has 0 aliphatic carbocycles. The van der Waals surface area contributed by atoms with Gasteiger partial charge in [0.15, 0.2) is 5.65 Å². The maximum atomic E-state index is 16.2. The molecule has 8 nitrogen and oxygen atoms in total. The zero-order chi connectivity index (χ0) is 30.2. The number of pyridine rings is 2. The lowest BCUT2D eigenvalue weighted by Gasteiger charge is -2.36. The predicted octanol–water partition coefficient (Wildman–Crippen LogP) is 5.72. The number of ether oxygens (including phenoxy) is 1. The van der Waals surface area contributed by atoms with E-state index in [0.717, 1.165) is 32.2 Å². The van der Waals surface area contributed by atoms with Gasteiger partial charge in [-0.05, 0) is 61.9 Å². The minimum absolute atomic E-state index is 0.0161. The van der Waals surface area contributed by atoms with E-state index in [9.17, 15) is 14.8 Å². The molecule has 0 radical (unpaired) electrons. The fourth-order valence-electron chi connectivity index (χ4n) is 8.03. The number of fused-ring (bicyclic) bond motifs is 5. The molecule has 0 amide bonds. The van der Waals surface area contributed by atoms with Gasteiger partial charge < -0.3 is 20.1 Å². The number of anilines is 1. The third kappa shape index (κ3) is 4.44. The standard InChI is InChI=1S/C33H31ClF2N6O2/c34-26-4-1-3-18-9-22(43)10-23(28(18)26)29-27(36)11-24-30(41-15-20-5-6-21(16-41)38-20)25(13-37)32(40-31(24)39-29)44-17-33-7-2-8-42(33)14-19(35)12-33/h1,3-4,9-11,19-21,38,43H,2,5-8,12,14-17H2/t19-,20?,21?,33+/m1/s1. The van der Waals surface area contributed by atoms with Crippen LogP contribution in [0.4, 0.5) is 14.5 Å². The first-order valence-electron chi connectivity index (χ1n) is 15.2. The Hall–Kier alpha value is -3.78. The Balaban J connectivity index is 1.30. The van der Waals surface area contributed by atoms with Gasteiger partial charge in [-0.1, -0.05) is 23.7 Å². The lowest BCUT2D eigenvalue weighted by molar-refractivity contribution is 0.110. The van der Waals surface area contributed by atoms with Crippen LogP contribution in [0.1, 0.15) is 37.7 Å². The van der Waals surface area contributed by atoms with E-state index in [1.54, 1.807) is 24.3 Å². The Morgan fingerprint density at radius 3 is 2.77 bits per heavy atom. The Morgan fingerprint density at radius 1 is 1.16 bits per heavy atom. The summed E-state index contributed by atoms with van der Waals surface area (Å²) in [5.74, 6) is -0.551. The monoisotopic (exact) mass is 616 g/mol. The Labute approximate surface area is 258 Å². The summed E-state index contributed by atoms with van der Waals surface area (Å²) in [6, 6.07) is 12.5. The molecule has 226 valence electrons. The number of rotatable bonds is 5. The van der Waals surface area contributed by atoms with Gasteiger partial charge in [-0.25, -0.2) is 13.8 Å². The number of piperazine rings is 1. The van der Waals surface area contributed by atoms with Crippen LogP contribution < -0.4 is 15.0 Å². The van der Waals surface area contributed by atoms with Crippen LogP contribution in [-0.4, -0.2) is 76.6 Å². The molecular formula is C33H31ClF2N6O2. The van der Waals surface area contributed by atoms with Crippen molar-refractivity contribution in [3.05, 3.63) is 52.8 Å². The lowest BCUT2D eigenvalue weighted by Crippen LogP contribution is -2.51. The summed E-state index contributed by atoms with van der Waals surface area (Å²) in [5, 5.41) is 26.6. The van der Waals surface area contributed by atoms with Gasteiger partial charge in [0.25, 0.3) is 0 Å². The molecule has 44 heavy (non-hydrogen) atoms. The number of phenolic OH excluding ortho intramolecular Hbond substituents is 1. The van der Waals surface area contributed by atoms with Crippen LogP contribution in [0.3, 0.4) is 0 Å². The largest absolute Gasteiger partial charge is 0.508 e. The molecule has 2 N–H and O–H groups in total. The third-order valence-electron chi connectivity index (χ3n) is 9.92.